The molecule has 1 fully saturated rings. The molecule has 1 unspecified atom stereocenters. The van der Waals surface area contributed by atoms with Crippen molar-refractivity contribution in [3.05, 3.63) is 21.3 Å². The van der Waals surface area contributed by atoms with Gasteiger partial charge in [-0.05, 0) is 26.1 Å². The highest BCUT2D eigenvalue weighted by Gasteiger charge is 2.22. The van der Waals surface area contributed by atoms with Crippen molar-refractivity contribution in [1.29, 1.82) is 0 Å². The summed E-state index contributed by atoms with van der Waals surface area (Å²) in [4.78, 5) is 17.2. The lowest BCUT2D eigenvalue weighted by Crippen LogP contribution is -2.47. The number of hydrogen-bond donors (Lipinski definition) is 0. The van der Waals surface area contributed by atoms with Gasteiger partial charge in [-0.15, -0.1) is 11.3 Å². The van der Waals surface area contributed by atoms with Crippen LogP contribution in [0.25, 0.3) is 0 Å². The van der Waals surface area contributed by atoms with Crippen LogP contribution in [-0.2, 0) is 16.1 Å². The maximum absolute atomic E-state index is 12.2. The highest BCUT2D eigenvalue weighted by molar-refractivity contribution is 7.16. The molecule has 1 aromatic rings. The molecule has 106 valence electrons. The van der Waals surface area contributed by atoms with Crippen LogP contribution in [0.2, 0.25) is 4.34 Å². The first-order valence-corrected chi connectivity index (χ1v) is 7.56. The molecule has 1 aliphatic rings. The minimum absolute atomic E-state index is 0.138. The van der Waals surface area contributed by atoms with Crippen molar-refractivity contribution < 1.29 is 9.53 Å². The highest BCUT2D eigenvalue weighted by Crippen LogP contribution is 2.22. The molecule has 1 atom stereocenters. The second-order valence-corrected chi connectivity index (χ2v) is 6.70. The fraction of sp³-hybridized carbons (Fsp3) is 0.615. The van der Waals surface area contributed by atoms with Gasteiger partial charge in [0.15, 0.2) is 0 Å². The van der Waals surface area contributed by atoms with Crippen molar-refractivity contribution in [3.63, 3.8) is 0 Å². The normalized spacial score (nSPS) is 20.0. The van der Waals surface area contributed by atoms with E-state index in [9.17, 15) is 4.79 Å². The van der Waals surface area contributed by atoms with Crippen molar-refractivity contribution in [1.82, 2.24) is 9.80 Å². The molecule has 2 heterocycles. The Morgan fingerprint density at radius 3 is 3.05 bits per heavy atom. The van der Waals surface area contributed by atoms with Gasteiger partial charge in [0.25, 0.3) is 0 Å². The summed E-state index contributed by atoms with van der Waals surface area (Å²) in [6.07, 6.45) is 0.138. The zero-order chi connectivity index (χ0) is 13.8. The molecule has 0 aliphatic carbocycles. The molecule has 19 heavy (non-hydrogen) atoms. The van der Waals surface area contributed by atoms with E-state index < -0.39 is 0 Å². The Morgan fingerprint density at radius 1 is 1.63 bits per heavy atom. The molecular formula is C13H19ClN2O2S. The van der Waals surface area contributed by atoms with Gasteiger partial charge in [-0.1, -0.05) is 11.6 Å². The van der Waals surface area contributed by atoms with E-state index in [-0.39, 0.29) is 12.0 Å². The van der Waals surface area contributed by atoms with Crippen molar-refractivity contribution in [2.75, 3.05) is 33.3 Å². The van der Waals surface area contributed by atoms with Crippen molar-refractivity contribution in [2.45, 2.75) is 19.6 Å². The van der Waals surface area contributed by atoms with Gasteiger partial charge in [0.2, 0.25) is 5.91 Å². The summed E-state index contributed by atoms with van der Waals surface area (Å²) >= 11 is 7.46. The van der Waals surface area contributed by atoms with E-state index in [0.717, 1.165) is 10.9 Å². The third-order valence-corrected chi connectivity index (χ3v) is 4.27. The van der Waals surface area contributed by atoms with E-state index in [0.29, 0.717) is 26.2 Å². The molecule has 1 saturated heterocycles. The molecule has 0 saturated carbocycles. The predicted molar refractivity (Wildman–Crippen MR) is 77.7 cm³/mol. The number of likely N-dealkylation sites (N-methyl/N-ethyl adjacent to an activating group) is 1. The van der Waals surface area contributed by atoms with Crippen molar-refractivity contribution in [3.8, 4) is 0 Å². The molecule has 0 radical (unpaired) electrons. The lowest BCUT2D eigenvalue weighted by atomic mass is 10.3. The van der Waals surface area contributed by atoms with E-state index in [4.69, 9.17) is 16.3 Å². The van der Waals surface area contributed by atoms with E-state index in [1.54, 1.807) is 11.3 Å². The molecule has 0 bridgehead atoms. The van der Waals surface area contributed by atoms with Crippen LogP contribution in [0.5, 0.6) is 0 Å². The van der Waals surface area contributed by atoms with Gasteiger partial charge >= 0.3 is 0 Å². The third-order valence-electron chi connectivity index (χ3n) is 3.05. The number of carbonyl (C=O) groups excluding carboxylic acids is 1. The van der Waals surface area contributed by atoms with Gasteiger partial charge < -0.3 is 9.64 Å². The molecular weight excluding hydrogens is 284 g/mol. The maximum Gasteiger partial charge on any atom is 0.236 e. The van der Waals surface area contributed by atoms with Gasteiger partial charge in [0.05, 0.1) is 23.6 Å². The number of hydrogen-bond acceptors (Lipinski definition) is 4. The van der Waals surface area contributed by atoms with Gasteiger partial charge in [-0.2, -0.15) is 0 Å². The Labute approximate surface area is 122 Å². The Bertz CT molecular complexity index is 438. The number of nitrogens with zero attached hydrogens (tertiary/aromatic N) is 2. The van der Waals surface area contributed by atoms with Crippen LogP contribution < -0.4 is 0 Å². The second kappa shape index (κ2) is 6.70. The number of morpholine rings is 1. The molecule has 1 amide bonds. The Kier molecular flexibility index (Phi) is 5.21. The number of amides is 1. The van der Waals surface area contributed by atoms with Gasteiger partial charge in [0.1, 0.15) is 0 Å². The van der Waals surface area contributed by atoms with Crippen LogP contribution in [0.3, 0.4) is 0 Å². The molecule has 1 aliphatic heterocycles. The zero-order valence-corrected chi connectivity index (χ0v) is 12.8. The Balaban J connectivity index is 1.81. The standard InChI is InChI=1S/C13H19ClN2O2S/c1-10-7-16(5-6-18-10)13(17)9-15(2)8-11-3-4-12(14)19-11/h3-4,10H,5-9H2,1-2H3. The fourth-order valence-electron chi connectivity index (χ4n) is 2.13. The minimum atomic E-state index is 0.138. The van der Waals surface area contributed by atoms with Gasteiger partial charge in [0, 0.05) is 24.5 Å². The van der Waals surface area contributed by atoms with Crippen molar-refractivity contribution >= 4 is 28.8 Å². The minimum Gasteiger partial charge on any atom is -0.375 e. The second-order valence-electron chi connectivity index (χ2n) is 4.90. The Hall–Kier alpha value is -0.620. The van der Waals surface area contributed by atoms with E-state index >= 15 is 0 Å². The van der Waals surface area contributed by atoms with Crippen LogP contribution in [0.4, 0.5) is 0 Å². The monoisotopic (exact) mass is 302 g/mol. The number of carbonyl (C=O) groups is 1. The Morgan fingerprint density at radius 2 is 2.42 bits per heavy atom. The average Bonchev–Trinajstić information content (AvgIpc) is 2.74. The summed E-state index contributed by atoms with van der Waals surface area (Å²) in [5.74, 6) is 0.167. The maximum atomic E-state index is 12.2. The summed E-state index contributed by atoms with van der Waals surface area (Å²) < 4.78 is 6.23. The van der Waals surface area contributed by atoms with Gasteiger partial charge in [-0.3, -0.25) is 9.69 Å². The summed E-state index contributed by atoms with van der Waals surface area (Å²) in [5, 5.41) is 0. The molecule has 0 spiro atoms. The largest absolute Gasteiger partial charge is 0.375 e. The molecule has 6 heteroatoms. The quantitative estimate of drug-likeness (QED) is 0.854. The summed E-state index contributed by atoms with van der Waals surface area (Å²) in [7, 11) is 1.95. The fourth-order valence-corrected chi connectivity index (χ4v) is 3.30. The van der Waals surface area contributed by atoms with Crippen LogP contribution in [-0.4, -0.2) is 55.1 Å². The summed E-state index contributed by atoms with van der Waals surface area (Å²) in [6, 6.07) is 3.89. The lowest BCUT2D eigenvalue weighted by molar-refractivity contribution is -0.139. The van der Waals surface area contributed by atoms with Crippen LogP contribution in [0.1, 0.15) is 11.8 Å². The molecule has 0 aromatic carbocycles. The third kappa shape index (κ3) is 4.45. The smallest absolute Gasteiger partial charge is 0.236 e. The zero-order valence-electron chi connectivity index (χ0n) is 11.3. The first-order valence-electron chi connectivity index (χ1n) is 6.36. The van der Waals surface area contributed by atoms with Crippen LogP contribution >= 0.6 is 22.9 Å². The van der Waals surface area contributed by atoms with Crippen LogP contribution in [0, 0.1) is 0 Å². The van der Waals surface area contributed by atoms with Crippen LogP contribution in [0.15, 0.2) is 12.1 Å². The molecule has 2 rings (SSSR count). The summed E-state index contributed by atoms with van der Waals surface area (Å²) in [6.45, 7) is 5.21. The SMILES string of the molecule is CC1CN(C(=O)CN(C)Cc2ccc(Cl)s2)CCO1. The van der Waals surface area contributed by atoms with E-state index in [2.05, 4.69) is 0 Å². The van der Waals surface area contributed by atoms with E-state index in [1.807, 2.05) is 35.9 Å². The van der Waals surface area contributed by atoms with Crippen molar-refractivity contribution in [2.24, 2.45) is 0 Å². The molecule has 4 nitrogen and oxygen atoms in total. The number of rotatable bonds is 4. The molecule has 0 N–H and O–H groups in total. The number of thiophene rings is 1. The van der Waals surface area contributed by atoms with E-state index in [1.165, 1.54) is 4.88 Å². The predicted octanol–water partition coefficient (Wildman–Crippen LogP) is 2.08. The lowest BCUT2D eigenvalue weighted by Gasteiger charge is -2.32. The highest BCUT2D eigenvalue weighted by atomic mass is 35.5. The number of halogens is 1. The average molecular weight is 303 g/mol. The topological polar surface area (TPSA) is 32.8 Å². The summed E-state index contributed by atoms with van der Waals surface area (Å²) in [5.41, 5.74) is 0. The first kappa shape index (κ1) is 14.8. The van der Waals surface area contributed by atoms with Gasteiger partial charge in [-0.25, -0.2) is 0 Å². The molecule has 1 aromatic heterocycles. The first-order chi connectivity index (χ1) is 9.04. The number of ether oxygens (including phenoxy) is 1.